The first-order chi connectivity index (χ1) is 14.7. The quantitative estimate of drug-likeness (QED) is 0.560. The zero-order valence-corrected chi connectivity index (χ0v) is 18.9. The molecule has 0 bridgehead atoms. The Morgan fingerprint density at radius 2 is 1.84 bits per heavy atom. The predicted molar refractivity (Wildman–Crippen MR) is 122 cm³/mol. The molecular weight excluding hydrogens is 416 g/mol. The molecule has 0 aliphatic rings. The van der Waals surface area contributed by atoms with Gasteiger partial charge in [-0.1, -0.05) is 30.7 Å². The van der Waals surface area contributed by atoms with Gasteiger partial charge in [0.2, 0.25) is 0 Å². The van der Waals surface area contributed by atoms with Crippen molar-refractivity contribution in [2.24, 2.45) is 0 Å². The third kappa shape index (κ3) is 6.09. The molecule has 0 saturated carbocycles. The molecule has 3 rings (SSSR count). The monoisotopic (exact) mass is 442 g/mol. The Bertz CT molecular complexity index is 1090. The van der Waals surface area contributed by atoms with Crippen LogP contribution in [0.2, 0.25) is 5.02 Å². The van der Waals surface area contributed by atoms with Gasteiger partial charge >= 0.3 is 0 Å². The summed E-state index contributed by atoms with van der Waals surface area (Å²) in [4.78, 5) is 12.7. The minimum Gasteiger partial charge on any atom is -0.493 e. The van der Waals surface area contributed by atoms with Gasteiger partial charge in [0.05, 0.1) is 24.6 Å². The maximum Gasteiger partial charge on any atom is 0.271 e. The lowest BCUT2D eigenvalue weighted by Gasteiger charge is -2.19. The number of benzene rings is 2. The third-order valence-corrected chi connectivity index (χ3v) is 5.06. The lowest BCUT2D eigenvalue weighted by Crippen LogP contribution is -2.28. The first-order valence-electron chi connectivity index (χ1n) is 10.0. The number of hydrogen-bond acceptors (Lipinski definition) is 5. The summed E-state index contributed by atoms with van der Waals surface area (Å²) < 4.78 is 12.3. The van der Waals surface area contributed by atoms with E-state index in [0.29, 0.717) is 28.6 Å². The summed E-state index contributed by atoms with van der Waals surface area (Å²) in [6, 6.07) is 14.4. The van der Waals surface area contributed by atoms with Crippen LogP contribution in [0, 0.1) is 0 Å². The molecule has 3 aromatic rings. The van der Waals surface area contributed by atoms with E-state index in [-0.39, 0.29) is 18.1 Å². The minimum atomic E-state index is -0.971. The lowest BCUT2D eigenvalue weighted by atomic mass is 9.95. The second-order valence-electron chi connectivity index (χ2n) is 8.21. The van der Waals surface area contributed by atoms with E-state index in [2.05, 4.69) is 12.0 Å². The van der Waals surface area contributed by atoms with Gasteiger partial charge in [-0.05, 0) is 61.6 Å². The second kappa shape index (κ2) is 9.54. The number of aromatic nitrogens is 2. The summed E-state index contributed by atoms with van der Waals surface area (Å²) in [6.07, 6.45) is 2.40. The van der Waals surface area contributed by atoms with E-state index in [4.69, 9.17) is 21.1 Å². The van der Waals surface area contributed by atoms with Crippen molar-refractivity contribution in [3.8, 4) is 17.2 Å². The molecule has 1 unspecified atom stereocenters. The van der Waals surface area contributed by atoms with Crippen molar-refractivity contribution in [3.63, 3.8) is 0 Å². The fourth-order valence-electron chi connectivity index (χ4n) is 3.18. The van der Waals surface area contributed by atoms with Crippen molar-refractivity contribution in [2.45, 2.75) is 38.7 Å². The average molecular weight is 443 g/mol. The van der Waals surface area contributed by atoms with Crippen molar-refractivity contribution >= 4 is 11.6 Å². The zero-order chi connectivity index (χ0) is 22.6. The molecule has 6 nitrogen and oxygen atoms in total. The molecule has 2 aromatic carbocycles. The largest absolute Gasteiger partial charge is 0.493 e. The van der Waals surface area contributed by atoms with Crippen LogP contribution in [0.4, 0.5) is 0 Å². The maximum atomic E-state index is 12.7. The van der Waals surface area contributed by atoms with Crippen LogP contribution in [-0.4, -0.2) is 34.2 Å². The van der Waals surface area contributed by atoms with Gasteiger partial charge in [0.1, 0.15) is 6.61 Å². The number of aliphatic hydroxyl groups is 1. The van der Waals surface area contributed by atoms with Crippen molar-refractivity contribution in [1.82, 2.24) is 9.78 Å². The third-order valence-electron chi connectivity index (χ3n) is 4.81. The van der Waals surface area contributed by atoms with Gasteiger partial charge < -0.3 is 14.6 Å². The topological polar surface area (TPSA) is 73.6 Å². The Labute approximate surface area is 187 Å². The van der Waals surface area contributed by atoms with E-state index >= 15 is 0 Å². The molecule has 1 heterocycles. The zero-order valence-electron chi connectivity index (χ0n) is 18.1. The first-order valence-corrected chi connectivity index (χ1v) is 10.4. The summed E-state index contributed by atoms with van der Waals surface area (Å²) in [7, 11) is 1.52. The molecule has 0 aliphatic heterocycles. The summed E-state index contributed by atoms with van der Waals surface area (Å²) >= 11 is 5.96. The SMILES string of the molecule is COc1cc(-n2ncc(CC(C)c3ccc(Cl)cc3)cc2=O)ccc1OCC(C)(C)O. The van der Waals surface area contributed by atoms with Gasteiger partial charge in [0.15, 0.2) is 11.5 Å². The van der Waals surface area contributed by atoms with E-state index in [1.807, 2.05) is 24.3 Å². The molecule has 164 valence electrons. The molecule has 31 heavy (non-hydrogen) atoms. The molecule has 0 fully saturated rings. The van der Waals surface area contributed by atoms with E-state index in [9.17, 15) is 9.90 Å². The van der Waals surface area contributed by atoms with E-state index in [0.717, 1.165) is 11.1 Å². The van der Waals surface area contributed by atoms with Gasteiger partial charge in [0.25, 0.3) is 5.56 Å². The molecule has 1 atom stereocenters. The number of methoxy groups -OCH3 is 1. The van der Waals surface area contributed by atoms with Gasteiger partial charge in [-0.3, -0.25) is 4.79 Å². The average Bonchev–Trinajstić information content (AvgIpc) is 2.72. The summed E-state index contributed by atoms with van der Waals surface area (Å²) in [6.45, 7) is 5.53. The fourth-order valence-corrected chi connectivity index (χ4v) is 3.30. The lowest BCUT2D eigenvalue weighted by molar-refractivity contribution is 0.0276. The highest BCUT2D eigenvalue weighted by Gasteiger charge is 2.16. The molecule has 0 aliphatic carbocycles. The summed E-state index contributed by atoms with van der Waals surface area (Å²) in [5, 5.41) is 14.9. The molecule has 1 N–H and O–H groups in total. The highest BCUT2D eigenvalue weighted by atomic mass is 35.5. The summed E-state index contributed by atoms with van der Waals surface area (Å²) in [5.41, 5.74) is 1.38. The van der Waals surface area contributed by atoms with Crippen molar-refractivity contribution in [3.05, 3.63) is 81.2 Å². The smallest absolute Gasteiger partial charge is 0.271 e. The number of ether oxygens (including phenoxy) is 2. The second-order valence-corrected chi connectivity index (χ2v) is 8.64. The van der Waals surface area contributed by atoms with Crippen LogP contribution in [0.5, 0.6) is 11.5 Å². The maximum absolute atomic E-state index is 12.7. The number of halogens is 1. The van der Waals surface area contributed by atoms with Crippen LogP contribution < -0.4 is 15.0 Å². The number of nitrogens with zero attached hydrogens (tertiary/aromatic N) is 2. The number of rotatable bonds is 8. The van der Waals surface area contributed by atoms with Crippen LogP contribution >= 0.6 is 11.6 Å². The van der Waals surface area contributed by atoms with Crippen LogP contribution in [0.1, 0.15) is 37.8 Å². The van der Waals surface area contributed by atoms with Crippen molar-refractivity contribution in [2.75, 3.05) is 13.7 Å². The Balaban J connectivity index is 1.79. The van der Waals surface area contributed by atoms with Gasteiger partial charge in [0, 0.05) is 17.2 Å². The Kier molecular flexibility index (Phi) is 7.03. The molecule has 0 saturated heterocycles. The van der Waals surface area contributed by atoms with Gasteiger partial charge in [-0.2, -0.15) is 9.78 Å². The molecule has 0 amide bonds. The van der Waals surface area contributed by atoms with E-state index in [1.165, 1.54) is 11.8 Å². The van der Waals surface area contributed by atoms with Crippen LogP contribution in [0.25, 0.3) is 5.69 Å². The van der Waals surface area contributed by atoms with Crippen LogP contribution in [-0.2, 0) is 6.42 Å². The van der Waals surface area contributed by atoms with Gasteiger partial charge in [-0.25, -0.2) is 0 Å². The number of hydrogen-bond donors (Lipinski definition) is 1. The van der Waals surface area contributed by atoms with Crippen molar-refractivity contribution in [1.29, 1.82) is 0 Å². The van der Waals surface area contributed by atoms with Crippen LogP contribution in [0.15, 0.2) is 59.5 Å². The molecule has 0 spiro atoms. The van der Waals surface area contributed by atoms with E-state index < -0.39 is 5.60 Å². The Morgan fingerprint density at radius 1 is 1.13 bits per heavy atom. The molecular formula is C24H27ClN2O4. The normalized spacial score (nSPS) is 12.5. The Morgan fingerprint density at radius 3 is 2.45 bits per heavy atom. The standard InChI is InChI=1S/C24H27ClN2O4/c1-16(18-5-7-19(25)8-6-18)11-17-12-23(28)27(26-14-17)20-9-10-21(22(13-20)30-4)31-15-24(2,3)29/h5-10,12-14,16,29H,11,15H2,1-4H3. The highest BCUT2D eigenvalue weighted by Crippen LogP contribution is 2.29. The highest BCUT2D eigenvalue weighted by molar-refractivity contribution is 6.30. The van der Waals surface area contributed by atoms with Crippen LogP contribution in [0.3, 0.4) is 0 Å². The predicted octanol–water partition coefficient (Wildman–Crippen LogP) is 4.39. The fraction of sp³-hybridized carbons (Fsp3) is 0.333. The molecule has 1 aromatic heterocycles. The molecule has 7 heteroatoms. The van der Waals surface area contributed by atoms with E-state index in [1.54, 1.807) is 44.3 Å². The Hall–Kier alpha value is -2.83. The minimum absolute atomic E-state index is 0.113. The van der Waals surface area contributed by atoms with Gasteiger partial charge in [-0.15, -0.1) is 0 Å². The first kappa shape index (κ1) is 22.8. The van der Waals surface area contributed by atoms with Crippen molar-refractivity contribution < 1.29 is 14.6 Å². The summed E-state index contributed by atoms with van der Waals surface area (Å²) in [5.74, 6) is 1.16. The molecule has 0 radical (unpaired) electrons.